The van der Waals surface area contributed by atoms with Crippen LogP contribution in [0.4, 0.5) is 0 Å². The first-order valence-corrected chi connectivity index (χ1v) is 9.07. The van der Waals surface area contributed by atoms with Crippen molar-refractivity contribution in [3.05, 3.63) is 29.3 Å². The highest BCUT2D eigenvalue weighted by Gasteiger charge is 2.27. The van der Waals surface area contributed by atoms with Crippen LogP contribution >= 0.6 is 0 Å². The fourth-order valence-electron chi connectivity index (χ4n) is 2.56. The van der Waals surface area contributed by atoms with Crippen LogP contribution in [-0.4, -0.2) is 17.5 Å². The lowest BCUT2D eigenvalue weighted by molar-refractivity contribution is -0.131. The predicted molar refractivity (Wildman–Crippen MR) is 99.2 cm³/mol. The molecule has 0 bridgehead atoms. The molecule has 138 valence electrons. The summed E-state index contributed by atoms with van der Waals surface area (Å²) in [6, 6.07) is 4.75. The van der Waals surface area contributed by atoms with Crippen LogP contribution < -0.4 is 4.74 Å². The summed E-state index contributed by atoms with van der Waals surface area (Å²) in [6.07, 6.45) is 5.87. The fourth-order valence-corrected chi connectivity index (χ4v) is 2.56. The zero-order chi connectivity index (χ0) is 19.0. The van der Waals surface area contributed by atoms with Crippen molar-refractivity contribution in [1.29, 1.82) is 0 Å². The Labute approximate surface area is 151 Å². The van der Waals surface area contributed by atoms with Crippen molar-refractivity contribution in [2.24, 2.45) is 5.41 Å². The Morgan fingerprint density at radius 3 is 2.20 bits per heavy atom. The summed E-state index contributed by atoms with van der Waals surface area (Å²) in [7, 11) is 0. The molecule has 0 fully saturated rings. The molecule has 25 heavy (non-hydrogen) atoms. The van der Waals surface area contributed by atoms with Gasteiger partial charge in [0, 0.05) is 24.3 Å². The number of Topliss-reactive ketones (excluding diaryl/α,β-unsaturated/α-hetero) is 2. The standard InChI is InChI=1S/C21H30O4/c1-6-7-8-9-10-11-18(23)16-12-13-19(25-15(2)22)17(14-16)20(24)21(3,4)5/h12-14H,6-11H2,1-5H3. The van der Waals surface area contributed by atoms with Gasteiger partial charge in [-0.1, -0.05) is 53.4 Å². The van der Waals surface area contributed by atoms with Gasteiger partial charge >= 0.3 is 5.97 Å². The molecule has 0 radical (unpaired) electrons. The summed E-state index contributed by atoms with van der Waals surface area (Å²) in [6.45, 7) is 8.85. The van der Waals surface area contributed by atoms with Gasteiger partial charge in [0.2, 0.25) is 0 Å². The van der Waals surface area contributed by atoms with Crippen LogP contribution in [0.1, 0.15) is 93.9 Å². The van der Waals surface area contributed by atoms with E-state index in [-0.39, 0.29) is 17.3 Å². The molecule has 0 atom stereocenters. The van der Waals surface area contributed by atoms with Gasteiger partial charge in [-0.2, -0.15) is 0 Å². The molecule has 0 aliphatic rings. The number of rotatable bonds is 9. The number of ether oxygens (including phenoxy) is 1. The minimum Gasteiger partial charge on any atom is -0.426 e. The normalized spacial score (nSPS) is 11.2. The monoisotopic (exact) mass is 346 g/mol. The van der Waals surface area contributed by atoms with E-state index in [4.69, 9.17) is 4.74 Å². The van der Waals surface area contributed by atoms with Gasteiger partial charge in [0.1, 0.15) is 5.75 Å². The van der Waals surface area contributed by atoms with Crippen LogP contribution in [0.25, 0.3) is 0 Å². The summed E-state index contributed by atoms with van der Waals surface area (Å²) in [4.78, 5) is 36.4. The van der Waals surface area contributed by atoms with Gasteiger partial charge in [0.05, 0.1) is 5.56 Å². The van der Waals surface area contributed by atoms with E-state index >= 15 is 0 Å². The number of hydrogen-bond donors (Lipinski definition) is 0. The summed E-state index contributed by atoms with van der Waals surface area (Å²) in [5, 5.41) is 0. The number of carbonyl (C=O) groups is 3. The molecular formula is C21H30O4. The van der Waals surface area contributed by atoms with Gasteiger partial charge in [0.25, 0.3) is 0 Å². The van der Waals surface area contributed by atoms with Crippen molar-refractivity contribution < 1.29 is 19.1 Å². The van der Waals surface area contributed by atoms with Crippen LogP contribution in [0.2, 0.25) is 0 Å². The molecule has 0 saturated carbocycles. The number of unbranched alkanes of at least 4 members (excludes halogenated alkanes) is 4. The lowest BCUT2D eigenvalue weighted by atomic mass is 9.85. The largest absolute Gasteiger partial charge is 0.426 e. The maximum absolute atomic E-state index is 12.7. The summed E-state index contributed by atoms with van der Waals surface area (Å²) in [5.41, 5.74) is 0.162. The van der Waals surface area contributed by atoms with Crippen LogP contribution in [-0.2, 0) is 4.79 Å². The van der Waals surface area contributed by atoms with Gasteiger partial charge < -0.3 is 4.74 Å². The smallest absolute Gasteiger partial charge is 0.308 e. The third-order valence-electron chi connectivity index (χ3n) is 3.99. The molecule has 0 aliphatic heterocycles. The zero-order valence-corrected chi connectivity index (χ0v) is 16.1. The minimum atomic E-state index is -0.628. The second-order valence-electron chi connectivity index (χ2n) is 7.47. The Bertz CT molecular complexity index is 623. The van der Waals surface area contributed by atoms with Crippen molar-refractivity contribution in [2.75, 3.05) is 0 Å². The molecule has 0 N–H and O–H groups in total. The molecule has 1 aromatic rings. The van der Waals surface area contributed by atoms with Crippen LogP contribution in [0.5, 0.6) is 5.75 Å². The highest BCUT2D eigenvalue weighted by molar-refractivity contribution is 6.05. The van der Waals surface area contributed by atoms with Crippen LogP contribution in [0.15, 0.2) is 18.2 Å². The first kappa shape index (κ1) is 21.1. The van der Waals surface area contributed by atoms with E-state index in [0.29, 0.717) is 17.5 Å². The van der Waals surface area contributed by atoms with E-state index in [1.807, 2.05) is 0 Å². The van der Waals surface area contributed by atoms with E-state index < -0.39 is 11.4 Å². The van der Waals surface area contributed by atoms with Gasteiger partial charge in [-0.25, -0.2) is 0 Å². The maximum Gasteiger partial charge on any atom is 0.308 e. The van der Waals surface area contributed by atoms with Gasteiger partial charge in [-0.3, -0.25) is 14.4 Å². The second-order valence-corrected chi connectivity index (χ2v) is 7.47. The Morgan fingerprint density at radius 1 is 1.00 bits per heavy atom. The zero-order valence-electron chi connectivity index (χ0n) is 16.1. The topological polar surface area (TPSA) is 60.4 Å². The van der Waals surface area contributed by atoms with Gasteiger partial charge in [0.15, 0.2) is 11.6 Å². The van der Waals surface area contributed by atoms with E-state index in [0.717, 1.165) is 19.3 Å². The lowest BCUT2D eigenvalue weighted by Crippen LogP contribution is -2.22. The highest BCUT2D eigenvalue weighted by Crippen LogP contribution is 2.29. The molecule has 0 heterocycles. The third-order valence-corrected chi connectivity index (χ3v) is 3.99. The summed E-state index contributed by atoms with van der Waals surface area (Å²) < 4.78 is 5.15. The average Bonchev–Trinajstić information content (AvgIpc) is 2.52. The minimum absolute atomic E-state index is 0.0221. The lowest BCUT2D eigenvalue weighted by Gasteiger charge is -2.19. The van der Waals surface area contributed by atoms with E-state index in [1.54, 1.807) is 39.0 Å². The molecule has 1 aromatic carbocycles. The van der Waals surface area contributed by atoms with Crippen molar-refractivity contribution in [1.82, 2.24) is 0 Å². The number of ketones is 2. The SMILES string of the molecule is CCCCCCCC(=O)c1ccc(OC(C)=O)c(C(=O)C(C)(C)C)c1. The van der Waals surface area contributed by atoms with Crippen LogP contribution in [0, 0.1) is 5.41 Å². The quantitative estimate of drug-likeness (QED) is 0.260. The Hall–Kier alpha value is -1.97. The van der Waals surface area contributed by atoms with Crippen molar-refractivity contribution >= 4 is 17.5 Å². The average molecular weight is 346 g/mol. The molecule has 0 amide bonds. The molecule has 0 aromatic heterocycles. The van der Waals surface area contributed by atoms with E-state index in [2.05, 4.69) is 6.92 Å². The molecule has 4 nitrogen and oxygen atoms in total. The molecule has 0 aliphatic carbocycles. The molecule has 0 unspecified atom stereocenters. The Balaban J connectivity index is 2.97. The Morgan fingerprint density at radius 2 is 1.64 bits per heavy atom. The number of esters is 1. The van der Waals surface area contributed by atoms with E-state index in [9.17, 15) is 14.4 Å². The van der Waals surface area contributed by atoms with Crippen LogP contribution in [0.3, 0.4) is 0 Å². The number of carbonyl (C=O) groups excluding carboxylic acids is 3. The molecule has 0 saturated heterocycles. The molecule has 4 heteroatoms. The van der Waals surface area contributed by atoms with Crippen molar-refractivity contribution in [3.8, 4) is 5.75 Å². The molecule has 0 spiro atoms. The molecular weight excluding hydrogens is 316 g/mol. The van der Waals surface area contributed by atoms with Gasteiger partial charge in [-0.15, -0.1) is 0 Å². The van der Waals surface area contributed by atoms with Gasteiger partial charge in [-0.05, 0) is 24.6 Å². The summed E-state index contributed by atoms with van der Waals surface area (Å²) in [5.74, 6) is -0.403. The Kier molecular flexibility index (Phi) is 8.01. The molecule has 1 rings (SSSR count). The number of hydrogen-bond acceptors (Lipinski definition) is 4. The first-order chi connectivity index (χ1) is 11.7. The van der Waals surface area contributed by atoms with Crippen molar-refractivity contribution in [2.45, 2.75) is 73.1 Å². The maximum atomic E-state index is 12.7. The number of benzene rings is 1. The fraction of sp³-hybridized carbons (Fsp3) is 0.571. The predicted octanol–water partition coefficient (Wildman–Crippen LogP) is 5.38. The van der Waals surface area contributed by atoms with E-state index in [1.165, 1.54) is 19.8 Å². The second kappa shape index (κ2) is 9.50. The first-order valence-electron chi connectivity index (χ1n) is 9.07. The highest BCUT2D eigenvalue weighted by atomic mass is 16.5. The van der Waals surface area contributed by atoms with Crippen molar-refractivity contribution in [3.63, 3.8) is 0 Å². The summed E-state index contributed by atoms with van der Waals surface area (Å²) >= 11 is 0. The third kappa shape index (κ3) is 6.81.